The molecule has 2 atom stereocenters. The molecule has 0 aliphatic carbocycles. The molecule has 0 radical (unpaired) electrons. The molecule has 0 aliphatic heterocycles. The van der Waals surface area contributed by atoms with E-state index in [0.717, 1.165) is 6.07 Å². The van der Waals surface area contributed by atoms with Gasteiger partial charge in [0.25, 0.3) is 0 Å². The van der Waals surface area contributed by atoms with Crippen molar-refractivity contribution in [2.75, 3.05) is 6.54 Å². The summed E-state index contributed by atoms with van der Waals surface area (Å²) in [5, 5.41) is 32.4. The van der Waals surface area contributed by atoms with Crippen molar-refractivity contribution in [3.05, 3.63) is 38.7 Å². The summed E-state index contributed by atoms with van der Waals surface area (Å²) in [6, 6.07) is 1.49. The van der Waals surface area contributed by atoms with Crippen molar-refractivity contribution >= 4 is 23.2 Å². The zero-order valence-electron chi connectivity index (χ0n) is 11.0. The van der Waals surface area contributed by atoms with Crippen LogP contribution >= 0.6 is 11.6 Å². The third-order valence-electron chi connectivity index (χ3n) is 2.76. The van der Waals surface area contributed by atoms with Gasteiger partial charge in [0.1, 0.15) is 6.10 Å². The molecule has 1 rings (SSSR count). The van der Waals surface area contributed by atoms with Gasteiger partial charge >= 0.3 is 5.69 Å². The Kier molecular flexibility index (Phi) is 6.01. The third-order valence-corrected chi connectivity index (χ3v) is 3.09. The Morgan fingerprint density at radius 1 is 1.52 bits per heavy atom. The first kappa shape index (κ1) is 17.3. The van der Waals surface area contributed by atoms with Crippen molar-refractivity contribution in [2.24, 2.45) is 0 Å². The monoisotopic (exact) mass is 320 g/mol. The first-order chi connectivity index (χ1) is 9.73. The molecule has 0 heterocycles. The molecule has 7 nitrogen and oxygen atoms in total. The highest BCUT2D eigenvalue weighted by Crippen LogP contribution is 2.31. The molecule has 9 heteroatoms. The summed E-state index contributed by atoms with van der Waals surface area (Å²) in [6.45, 7) is 1.41. The molecule has 0 aromatic heterocycles. The van der Waals surface area contributed by atoms with Crippen molar-refractivity contribution in [1.29, 1.82) is 0 Å². The van der Waals surface area contributed by atoms with Gasteiger partial charge in [0.2, 0.25) is 11.7 Å². The van der Waals surface area contributed by atoms with E-state index in [-0.39, 0.29) is 29.5 Å². The Balaban J connectivity index is 2.87. The van der Waals surface area contributed by atoms with Gasteiger partial charge in [-0.3, -0.25) is 14.9 Å². The quantitative estimate of drug-likeness (QED) is 0.540. The van der Waals surface area contributed by atoms with Crippen LogP contribution in [0.25, 0.3) is 0 Å². The minimum absolute atomic E-state index is 0.00961. The zero-order valence-corrected chi connectivity index (χ0v) is 11.8. The molecule has 3 N–H and O–H groups in total. The van der Waals surface area contributed by atoms with Crippen LogP contribution in [0.2, 0.25) is 5.02 Å². The van der Waals surface area contributed by atoms with Crippen molar-refractivity contribution in [3.8, 4) is 0 Å². The minimum atomic E-state index is -1.53. The van der Waals surface area contributed by atoms with Crippen LogP contribution in [-0.2, 0) is 4.79 Å². The number of nitrogens with zero attached hydrogens (tertiary/aromatic N) is 1. The number of benzene rings is 1. The molecule has 21 heavy (non-hydrogen) atoms. The molecular weight excluding hydrogens is 307 g/mol. The standard InChI is InChI=1S/C12H14ClFN2O5/c1-6(17)15-3-2-11(18)12(19)7-4-9(14)10(16(20)21)5-8(7)13/h4-5,11-12,18-19H,2-3H2,1H3,(H,15,17). The lowest BCUT2D eigenvalue weighted by molar-refractivity contribution is -0.387. The largest absolute Gasteiger partial charge is 0.390 e. The van der Waals surface area contributed by atoms with Crippen LogP contribution in [0.5, 0.6) is 0 Å². The molecule has 0 fully saturated rings. The van der Waals surface area contributed by atoms with Crippen LogP contribution in [0.3, 0.4) is 0 Å². The molecule has 1 aromatic rings. The van der Waals surface area contributed by atoms with Crippen LogP contribution < -0.4 is 5.32 Å². The van der Waals surface area contributed by atoms with Crippen LogP contribution in [0.4, 0.5) is 10.1 Å². The van der Waals surface area contributed by atoms with E-state index in [1.807, 2.05) is 0 Å². The second-order valence-corrected chi connectivity index (χ2v) is 4.77. The first-order valence-electron chi connectivity index (χ1n) is 5.98. The lowest BCUT2D eigenvalue weighted by Gasteiger charge is -2.19. The highest BCUT2D eigenvalue weighted by atomic mass is 35.5. The molecule has 0 aliphatic rings. The number of aliphatic hydroxyl groups excluding tert-OH is 2. The summed E-state index contributed by atoms with van der Waals surface area (Å²) < 4.78 is 13.5. The molecule has 116 valence electrons. The van der Waals surface area contributed by atoms with E-state index in [1.54, 1.807) is 0 Å². The fourth-order valence-corrected chi connectivity index (χ4v) is 1.95. The summed E-state index contributed by atoms with van der Waals surface area (Å²) in [6.07, 6.45) is -2.83. The number of nitro benzene ring substituents is 1. The van der Waals surface area contributed by atoms with E-state index < -0.39 is 28.6 Å². The number of carbonyl (C=O) groups excluding carboxylic acids is 1. The fourth-order valence-electron chi connectivity index (χ4n) is 1.68. The van der Waals surface area contributed by atoms with E-state index in [2.05, 4.69) is 5.32 Å². The van der Waals surface area contributed by atoms with E-state index in [4.69, 9.17) is 11.6 Å². The predicted octanol–water partition coefficient (Wildman–Crippen LogP) is 1.31. The highest BCUT2D eigenvalue weighted by molar-refractivity contribution is 6.31. The average molecular weight is 321 g/mol. The number of nitrogens with one attached hydrogen (secondary N) is 1. The van der Waals surface area contributed by atoms with Crippen molar-refractivity contribution in [3.63, 3.8) is 0 Å². The number of amides is 1. The molecule has 0 saturated heterocycles. The van der Waals surface area contributed by atoms with Crippen LogP contribution in [0, 0.1) is 15.9 Å². The van der Waals surface area contributed by atoms with Gasteiger partial charge in [0, 0.05) is 25.1 Å². The average Bonchev–Trinajstić information content (AvgIpc) is 2.39. The summed E-state index contributed by atoms with van der Waals surface area (Å²) >= 11 is 5.76. The van der Waals surface area contributed by atoms with Crippen LogP contribution in [0.15, 0.2) is 12.1 Å². The Morgan fingerprint density at radius 3 is 2.67 bits per heavy atom. The Morgan fingerprint density at radius 2 is 2.14 bits per heavy atom. The molecule has 2 unspecified atom stereocenters. The normalized spacial score (nSPS) is 13.6. The summed E-state index contributed by atoms with van der Waals surface area (Å²) in [4.78, 5) is 20.3. The van der Waals surface area contributed by atoms with E-state index in [1.165, 1.54) is 6.92 Å². The smallest absolute Gasteiger partial charge is 0.306 e. The topological polar surface area (TPSA) is 113 Å². The fraction of sp³-hybridized carbons (Fsp3) is 0.417. The number of hydrogen-bond donors (Lipinski definition) is 3. The van der Waals surface area contributed by atoms with Crippen molar-refractivity contribution in [1.82, 2.24) is 5.32 Å². The summed E-state index contributed by atoms with van der Waals surface area (Å²) in [7, 11) is 0. The number of halogens is 2. The van der Waals surface area contributed by atoms with Gasteiger partial charge in [-0.15, -0.1) is 0 Å². The number of aliphatic hydroxyl groups is 2. The Hall–Kier alpha value is -1.77. The molecular formula is C12H14ClFN2O5. The van der Waals surface area contributed by atoms with E-state index in [0.29, 0.717) is 6.07 Å². The maximum atomic E-state index is 13.5. The van der Waals surface area contributed by atoms with Crippen LogP contribution in [0.1, 0.15) is 25.0 Å². The van der Waals surface area contributed by atoms with Gasteiger partial charge in [0.05, 0.1) is 16.0 Å². The van der Waals surface area contributed by atoms with Gasteiger partial charge < -0.3 is 15.5 Å². The molecule has 0 saturated carbocycles. The third kappa shape index (κ3) is 4.62. The maximum Gasteiger partial charge on any atom is 0.306 e. The number of carbonyl (C=O) groups is 1. The predicted molar refractivity (Wildman–Crippen MR) is 72.3 cm³/mol. The lowest BCUT2D eigenvalue weighted by atomic mass is 10.0. The van der Waals surface area contributed by atoms with Crippen molar-refractivity contribution in [2.45, 2.75) is 25.6 Å². The highest BCUT2D eigenvalue weighted by Gasteiger charge is 2.25. The van der Waals surface area contributed by atoms with Gasteiger partial charge in [-0.1, -0.05) is 11.6 Å². The van der Waals surface area contributed by atoms with Gasteiger partial charge in [-0.2, -0.15) is 4.39 Å². The Bertz CT molecular complexity index is 555. The summed E-state index contributed by atoms with van der Waals surface area (Å²) in [5.41, 5.74) is -0.973. The van der Waals surface area contributed by atoms with Crippen LogP contribution in [-0.4, -0.2) is 33.7 Å². The molecule has 1 aromatic carbocycles. The number of hydrogen-bond acceptors (Lipinski definition) is 5. The van der Waals surface area contributed by atoms with Gasteiger partial charge in [-0.25, -0.2) is 0 Å². The van der Waals surface area contributed by atoms with Gasteiger partial charge in [-0.05, 0) is 12.5 Å². The minimum Gasteiger partial charge on any atom is -0.390 e. The number of nitro groups is 1. The lowest BCUT2D eigenvalue weighted by Crippen LogP contribution is -2.27. The zero-order chi connectivity index (χ0) is 16.2. The first-order valence-corrected chi connectivity index (χ1v) is 6.35. The summed E-state index contributed by atoms with van der Waals surface area (Å²) in [5.74, 6) is -1.45. The second-order valence-electron chi connectivity index (χ2n) is 4.37. The number of rotatable bonds is 6. The second kappa shape index (κ2) is 7.30. The maximum absolute atomic E-state index is 13.5. The SMILES string of the molecule is CC(=O)NCCC(O)C(O)c1cc(F)c([N+](=O)[O-])cc1Cl. The van der Waals surface area contributed by atoms with Gasteiger partial charge in [0.15, 0.2) is 0 Å². The Labute approximate surface area is 124 Å². The van der Waals surface area contributed by atoms with E-state index >= 15 is 0 Å². The molecule has 0 bridgehead atoms. The molecule has 1 amide bonds. The van der Waals surface area contributed by atoms with E-state index in [9.17, 15) is 29.5 Å². The van der Waals surface area contributed by atoms with Crippen molar-refractivity contribution < 1.29 is 24.3 Å². The molecule has 0 spiro atoms.